The van der Waals surface area contributed by atoms with E-state index in [9.17, 15) is 0 Å². The third-order valence-electron chi connectivity index (χ3n) is 5.38. The van der Waals surface area contributed by atoms with Crippen molar-refractivity contribution in [2.75, 3.05) is 0 Å². The Hall–Kier alpha value is -0.870. The highest BCUT2D eigenvalue weighted by atomic mass is 15.2. The van der Waals surface area contributed by atoms with E-state index in [1.165, 1.54) is 25.7 Å². The van der Waals surface area contributed by atoms with E-state index in [-0.39, 0.29) is 0 Å². The molecule has 0 bridgehead atoms. The number of hydrogen-bond donors (Lipinski definition) is 2. The molecule has 0 radical (unpaired) electrons. The van der Waals surface area contributed by atoms with Crippen LogP contribution >= 0.6 is 0 Å². The molecule has 1 saturated carbocycles. The first-order valence-corrected chi connectivity index (χ1v) is 8.34. The number of hydrazine groups is 1. The number of rotatable bonds is 5. The number of nitrogens with one attached hydrogen (secondary N) is 1. The van der Waals surface area contributed by atoms with Crippen LogP contribution in [0.1, 0.15) is 58.7 Å². The minimum Gasteiger partial charge on any atom is -0.338 e. The maximum atomic E-state index is 5.82. The number of nitrogens with zero attached hydrogens (tertiary/aromatic N) is 2. The number of aryl methyl sites for hydroxylation is 2. The van der Waals surface area contributed by atoms with E-state index >= 15 is 0 Å². The predicted molar refractivity (Wildman–Crippen MR) is 87.5 cm³/mol. The van der Waals surface area contributed by atoms with Crippen molar-refractivity contribution in [2.45, 2.75) is 65.3 Å². The normalized spacial score (nSPS) is 25.0. The molecule has 0 aromatic carbocycles. The second-order valence-electron chi connectivity index (χ2n) is 7.74. The van der Waals surface area contributed by atoms with Gasteiger partial charge in [0.15, 0.2) is 0 Å². The van der Waals surface area contributed by atoms with Gasteiger partial charge in [0.2, 0.25) is 0 Å². The van der Waals surface area contributed by atoms with Crippen LogP contribution in [0.5, 0.6) is 0 Å². The summed E-state index contributed by atoms with van der Waals surface area (Å²) in [5, 5.41) is 0. The van der Waals surface area contributed by atoms with Gasteiger partial charge in [0.25, 0.3) is 0 Å². The zero-order valence-corrected chi connectivity index (χ0v) is 14.1. The van der Waals surface area contributed by atoms with Crippen molar-refractivity contribution in [2.24, 2.45) is 30.1 Å². The van der Waals surface area contributed by atoms with Crippen LogP contribution in [-0.4, -0.2) is 15.6 Å². The fraction of sp³-hybridized carbons (Fsp3) is 0.824. The van der Waals surface area contributed by atoms with Crippen LogP contribution in [0.3, 0.4) is 0 Å². The van der Waals surface area contributed by atoms with E-state index in [0.717, 1.165) is 24.6 Å². The van der Waals surface area contributed by atoms with Crippen molar-refractivity contribution in [3.05, 3.63) is 18.2 Å². The Kier molecular flexibility index (Phi) is 5.44. The van der Waals surface area contributed by atoms with E-state index in [4.69, 9.17) is 5.84 Å². The fourth-order valence-electron chi connectivity index (χ4n) is 3.76. The van der Waals surface area contributed by atoms with Crippen LogP contribution in [0.4, 0.5) is 0 Å². The maximum absolute atomic E-state index is 5.82. The Morgan fingerprint density at radius 2 is 2.00 bits per heavy atom. The summed E-state index contributed by atoms with van der Waals surface area (Å²) < 4.78 is 2.10. The second-order valence-corrected chi connectivity index (χ2v) is 7.74. The molecule has 1 unspecified atom stereocenters. The molecular weight excluding hydrogens is 260 g/mol. The molecule has 0 amide bonds. The van der Waals surface area contributed by atoms with Crippen LogP contribution in [0.15, 0.2) is 12.4 Å². The Morgan fingerprint density at radius 1 is 1.33 bits per heavy atom. The summed E-state index contributed by atoms with van der Waals surface area (Å²) in [6.45, 7) is 7.12. The Balaban J connectivity index is 1.84. The molecule has 1 aliphatic rings. The molecule has 0 saturated heterocycles. The summed E-state index contributed by atoms with van der Waals surface area (Å²) in [4.78, 5) is 4.41. The topological polar surface area (TPSA) is 55.9 Å². The molecule has 1 aromatic rings. The van der Waals surface area contributed by atoms with E-state index < -0.39 is 0 Å². The molecule has 1 fully saturated rings. The van der Waals surface area contributed by atoms with Crippen LogP contribution < -0.4 is 11.3 Å². The first-order valence-electron chi connectivity index (χ1n) is 8.34. The lowest BCUT2D eigenvalue weighted by Crippen LogP contribution is -2.43. The number of nitrogens with two attached hydrogens (primary N) is 1. The van der Waals surface area contributed by atoms with Gasteiger partial charge in [0.05, 0.1) is 0 Å². The van der Waals surface area contributed by atoms with Gasteiger partial charge < -0.3 is 4.57 Å². The molecule has 4 heteroatoms. The van der Waals surface area contributed by atoms with Gasteiger partial charge in [-0.3, -0.25) is 11.3 Å². The highest BCUT2D eigenvalue weighted by molar-refractivity contribution is 4.93. The van der Waals surface area contributed by atoms with Crippen molar-refractivity contribution >= 4 is 0 Å². The molecule has 2 rings (SSSR count). The Labute approximate surface area is 129 Å². The average molecular weight is 292 g/mol. The van der Waals surface area contributed by atoms with E-state index in [1.807, 2.05) is 12.4 Å². The minimum absolute atomic E-state index is 0.419. The van der Waals surface area contributed by atoms with Gasteiger partial charge in [0, 0.05) is 31.9 Å². The summed E-state index contributed by atoms with van der Waals surface area (Å²) >= 11 is 0. The first kappa shape index (κ1) is 16.5. The van der Waals surface area contributed by atoms with Crippen LogP contribution in [0, 0.1) is 17.3 Å². The monoisotopic (exact) mass is 292 g/mol. The van der Waals surface area contributed by atoms with Crippen LogP contribution in [0.2, 0.25) is 0 Å². The molecule has 0 aliphatic heterocycles. The zero-order valence-electron chi connectivity index (χ0n) is 14.1. The molecule has 21 heavy (non-hydrogen) atoms. The van der Waals surface area contributed by atoms with Gasteiger partial charge in [-0.1, -0.05) is 20.8 Å². The number of hydrogen-bond acceptors (Lipinski definition) is 3. The van der Waals surface area contributed by atoms with Crippen LogP contribution in [-0.2, 0) is 13.5 Å². The summed E-state index contributed by atoms with van der Waals surface area (Å²) in [5.74, 6) is 8.56. The summed E-state index contributed by atoms with van der Waals surface area (Å²) in [6.07, 6.45) is 11.2. The lowest BCUT2D eigenvalue weighted by Gasteiger charge is -2.39. The maximum Gasteiger partial charge on any atom is 0.108 e. The fourth-order valence-corrected chi connectivity index (χ4v) is 3.76. The van der Waals surface area contributed by atoms with Crippen molar-refractivity contribution < 1.29 is 0 Å². The number of aromatic nitrogens is 2. The Bertz CT molecular complexity index is 424. The van der Waals surface area contributed by atoms with Gasteiger partial charge in [-0.25, -0.2) is 4.98 Å². The third-order valence-corrected chi connectivity index (χ3v) is 5.38. The highest BCUT2D eigenvalue weighted by Crippen LogP contribution is 2.41. The van der Waals surface area contributed by atoms with Crippen molar-refractivity contribution in [3.8, 4) is 0 Å². The smallest absolute Gasteiger partial charge is 0.108 e. The van der Waals surface area contributed by atoms with Gasteiger partial charge >= 0.3 is 0 Å². The van der Waals surface area contributed by atoms with E-state index in [0.29, 0.717) is 17.4 Å². The summed E-state index contributed by atoms with van der Waals surface area (Å²) in [7, 11) is 2.06. The summed E-state index contributed by atoms with van der Waals surface area (Å²) in [6, 6.07) is 0.419. The van der Waals surface area contributed by atoms with Gasteiger partial charge in [-0.2, -0.15) is 0 Å². The molecule has 1 aliphatic carbocycles. The molecule has 120 valence electrons. The second kappa shape index (κ2) is 6.93. The third kappa shape index (κ3) is 4.30. The standard InChI is InChI=1S/C17H32N4/c1-17(2,3)14-7-5-13(6-8-14)15(20-18)9-10-16-19-11-12-21(16)4/h11-15,20H,5-10,18H2,1-4H3. The molecule has 1 atom stereocenters. The quantitative estimate of drug-likeness (QED) is 0.648. The lowest BCUT2D eigenvalue weighted by atomic mass is 9.68. The van der Waals surface area contributed by atoms with Gasteiger partial charge in [0.1, 0.15) is 5.82 Å². The first-order chi connectivity index (χ1) is 9.91. The molecule has 0 spiro atoms. The largest absolute Gasteiger partial charge is 0.338 e. The molecule has 1 aromatic heterocycles. The summed E-state index contributed by atoms with van der Waals surface area (Å²) in [5.41, 5.74) is 3.52. The highest BCUT2D eigenvalue weighted by Gasteiger charge is 2.32. The minimum atomic E-state index is 0.419. The van der Waals surface area contributed by atoms with Crippen molar-refractivity contribution in [1.82, 2.24) is 15.0 Å². The SMILES string of the molecule is Cn1ccnc1CCC(NN)C1CCC(C(C)(C)C)CC1. The molecule has 1 heterocycles. The van der Waals surface area contributed by atoms with Crippen molar-refractivity contribution in [1.29, 1.82) is 0 Å². The van der Waals surface area contributed by atoms with Crippen molar-refractivity contribution in [3.63, 3.8) is 0 Å². The zero-order chi connectivity index (χ0) is 15.5. The van der Waals surface area contributed by atoms with E-state index in [1.54, 1.807) is 0 Å². The van der Waals surface area contributed by atoms with Gasteiger partial charge in [-0.05, 0) is 49.4 Å². The lowest BCUT2D eigenvalue weighted by molar-refractivity contribution is 0.130. The number of imidazole rings is 1. The predicted octanol–water partition coefficient (Wildman–Crippen LogP) is 3.04. The molecular formula is C17H32N4. The van der Waals surface area contributed by atoms with E-state index in [2.05, 4.69) is 42.8 Å². The van der Waals surface area contributed by atoms with Gasteiger partial charge in [-0.15, -0.1) is 0 Å². The Morgan fingerprint density at radius 3 is 2.48 bits per heavy atom. The average Bonchev–Trinajstić information content (AvgIpc) is 2.85. The van der Waals surface area contributed by atoms with Crippen LogP contribution in [0.25, 0.3) is 0 Å². The molecule has 4 nitrogen and oxygen atoms in total. The molecule has 3 N–H and O–H groups in total.